The standard InChI is InChI=1S/C23H34Cl2FN5O3S2Si/c1-16-12-30(13-17(2)27-16)36(32,33)31(15-34-9-10-37(3,4)5)21-11-20(25)28-23(29-21)35-14-18-7-6-8-19(24)22(18)26/h6-8,11,16-17,27H,9-10,12-15H2,1-5H3/t16-,17+. The molecule has 8 nitrogen and oxygen atoms in total. The Morgan fingerprint density at radius 1 is 1.22 bits per heavy atom. The molecule has 0 unspecified atom stereocenters. The Hall–Kier alpha value is -0.993. The lowest BCUT2D eigenvalue weighted by Crippen LogP contribution is -2.59. The molecule has 1 aliphatic heterocycles. The van der Waals surface area contributed by atoms with Crippen LogP contribution < -0.4 is 9.62 Å². The summed E-state index contributed by atoms with van der Waals surface area (Å²) in [4.78, 5) is 8.69. The molecule has 0 amide bonds. The Balaban J connectivity index is 1.88. The number of thioether (sulfide) groups is 1. The molecule has 2 aromatic rings. The Morgan fingerprint density at radius 2 is 1.89 bits per heavy atom. The first-order valence-electron chi connectivity index (χ1n) is 12.0. The fraction of sp³-hybridized carbons (Fsp3) is 0.565. The van der Waals surface area contributed by atoms with E-state index in [0.717, 1.165) is 22.1 Å². The number of ether oxygens (including phenoxy) is 1. The summed E-state index contributed by atoms with van der Waals surface area (Å²) >= 11 is 13.3. The molecule has 0 saturated carbocycles. The number of halogens is 3. The highest BCUT2D eigenvalue weighted by molar-refractivity contribution is 7.98. The number of nitrogens with one attached hydrogen (secondary N) is 1. The number of hydrogen-bond donors (Lipinski definition) is 1. The molecule has 1 saturated heterocycles. The van der Waals surface area contributed by atoms with Crippen LogP contribution in [0.3, 0.4) is 0 Å². The van der Waals surface area contributed by atoms with Gasteiger partial charge in [0.1, 0.15) is 17.7 Å². The molecule has 0 aliphatic carbocycles. The zero-order chi connectivity index (χ0) is 27.4. The highest BCUT2D eigenvalue weighted by atomic mass is 35.5. The Kier molecular flexibility index (Phi) is 10.7. The zero-order valence-electron chi connectivity index (χ0n) is 21.7. The third-order valence-electron chi connectivity index (χ3n) is 5.64. The van der Waals surface area contributed by atoms with Gasteiger partial charge < -0.3 is 10.1 Å². The summed E-state index contributed by atoms with van der Waals surface area (Å²) in [6.45, 7) is 11.4. The highest BCUT2D eigenvalue weighted by Crippen LogP contribution is 2.29. The number of benzene rings is 1. The van der Waals surface area contributed by atoms with Crippen molar-refractivity contribution in [2.24, 2.45) is 0 Å². The molecule has 37 heavy (non-hydrogen) atoms. The van der Waals surface area contributed by atoms with Gasteiger partial charge in [0.25, 0.3) is 0 Å². The van der Waals surface area contributed by atoms with Crippen molar-refractivity contribution in [1.82, 2.24) is 19.6 Å². The van der Waals surface area contributed by atoms with E-state index in [2.05, 4.69) is 34.9 Å². The molecule has 1 fully saturated rings. The summed E-state index contributed by atoms with van der Waals surface area (Å²) in [5.74, 6) is -0.222. The van der Waals surface area contributed by atoms with Gasteiger partial charge in [-0.3, -0.25) is 0 Å². The van der Waals surface area contributed by atoms with Crippen LogP contribution in [0.1, 0.15) is 19.4 Å². The van der Waals surface area contributed by atoms with Crippen LogP contribution in [0.15, 0.2) is 29.4 Å². The van der Waals surface area contributed by atoms with Gasteiger partial charge in [-0.25, -0.2) is 18.7 Å². The van der Waals surface area contributed by atoms with Crippen molar-refractivity contribution in [2.45, 2.75) is 62.5 Å². The Morgan fingerprint density at radius 3 is 2.54 bits per heavy atom. The number of aromatic nitrogens is 2. The van der Waals surface area contributed by atoms with Crippen LogP contribution in [0.25, 0.3) is 0 Å². The van der Waals surface area contributed by atoms with Gasteiger partial charge in [0.05, 0.1) is 5.02 Å². The number of hydrogen-bond acceptors (Lipinski definition) is 7. The van der Waals surface area contributed by atoms with E-state index in [9.17, 15) is 12.8 Å². The van der Waals surface area contributed by atoms with Gasteiger partial charge in [0.15, 0.2) is 11.0 Å². The molecule has 14 heteroatoms. The minimum atomic E-state index is -3.99. The predicted octanol–water partition coefficient (Wildman–Crippen LogP) is 5.26. The second-order valence-corrected chi connectivity index (χ2v) is 19.5. The zero-order valence-corrected chi connectivity index (χ0v) is 25.8. The monoisotopic (exact) mass is 609 g/mol. The molecule has 1 aromatic carbocycles. The van der Waals surface area contributed by atoms with Crippen LogP contribution in [0, 0.1) is 5.82 Å². The average molecular weight is 611 g/mol. The molecule has 1 aromatic heterocycles. The summed E-state index contributed by atoms with van der Waals surface area (Å²) < 4.78 is 50.4. The van der Waals surface area contributed by atoms with Crippen LogP contribution in [0.5, 0.6) is 0 Å². The fourth-order valence-electron chi connectivity index (χ4n) is 3.76. The molecule has 1 N–H and O–H groups in total. The normalized spacial score (nSPS) is 19.2. The predicted molar refractivity (Wildman–Crippen MR) is 152 cm³/mol. The van der Waals surface area contributed by atoms with Gasteiger partial charge in [-0.05, 0) is 31.5 Å². The van der Waals surface area contributed by atoms with Crippen LogP contribution in [0.4, 0.5) is 10.2 Å². The lowest BCUT2D eigenvalue weighted by molar-refractivity contribution is 0.153. The van der Waals surface area contributed by atoms with E-state index in [1.165, 1.54) is 16.4 Å². The molecule has 0 spiro atoms. The summed E-state index contributed by atoms with van der Waals surface area (Å²) in [6, 6.07) is 7.02. The first-order chi connectivity index (χ1) is 17.3. The molecule has 0 radical (unpaired) electrons. The quantitative estimate of drug-likeness (QED) is 0.0928. The molecule has 2 heterocycles. The van der Waals surface area contributed by atoms with Crippen LogP contribution >= 0.6 is 35.0 Å². The third-order valence-corrected chi connectivity index (χ3v) is 10.5. The van der Waals surface area contributed by atoms with Gasteiger partial charge in [-0.2, -0.15) is 12.7 Å². The van der Waals surface area contributed by atoms with Gasteiger partial charge in [-0.1, -0.05) is 66.7 Å². The maximum atomic E-state index is 14.3. The maximum Gasteiger partial charge on any atom is 0.307 e. The molecule has 2 atom stereocenters. The first kappa shape index (κ1) is 30.5. The number of rotatable bonds is 11. The smallest absolute Gasteiger partial charge is 0.307 e. The summed E-state index contributed by atoms with van der Waals surface area (Å²) in [5.41, 5.74) is 0.380. The molecule has 206 valence electrons. The number of nitrogens with zero attached hydrogens (tertiary/aromatic N) is 4. The first-order valence-corrected chi connectivity index (χ1v) is 18.8. The largest absolute Gasteiger partial charge is 0.360 e. The summed E-state index contributed by atoms with van der Waals surface area (Å²) in [5, 5.41) is 3.66. The van der Waals surface area contributed by atoms with E-state index in [1.54, 1.807) is 12.1 Å². The Bertz CT molecular complexity index is 1180. The highest BCUT2D eigenvalue weighted by Gasteiger charge is 2.36. The van der Waals surface area contributed by atoms with Crippen LogP contribution in [-0.2, 0) is 20.7 Å². The van der Waals surface area contributed by atoms with Crippen molar-refractivity contribution in [3.8, 4) is 0 Å². The van der Waals surface area contributed by atoms with Gasteiger partial charge in [0.2, 0.25) is 0 Å². The molecule has 1 aliphatic rings. The van der Waals surface area contributed by atoms with Crippen molar-refractivity contribution in [1.29, 1.82) is 0 Å². The summed E-state index contributed by atoms with van der Waals surface area (Å²) in [6.07, 6.45) is 0. The maximum absolute atomic E-state index is 14.3. The lowest BCUT2D eigenvalue weighted by atomic mass is 10.2. The second kappa shape index (κ2) is 12.9. The van der Waals surface area contributed by atoms with E-state index in [1.807, 2.05) is 13.8 Å². The van der Waals surface area contributed by atoms with E-state index < -0.39 is 24.1 Å². The van der Waals surface area contributed by atoms with E-state index in [4.69, 9.17) is 27.9 Å². The molecule has 0 bridgehead atoms. The lowest BCUT2D eigenvalue weighted by Gasteiger charge is -2.38. The van der Waals surface area contributed by atoms with Crippen LogP contribution in [0.2, 0.25) is 35.9 Å². The van der Waals surface area contributed by atoms with Gasteiger partial charge in [0, 0.05) is 51.7 Å². The topological polar surface area (TPSA) is 87.7 Å². The molecule has 3 rings (SSSR count). The van der Waals surface area contributed by atoms with Crippen molar-refractivity contribution >= 4 is 59.1 Å². The second-order valence-electron chi connectivity index (χ2n) is 10.3. The number of piperazine rings is 1. The van der Waals surface area contributed by atoms with E-state index in [0.29, 0.717) is 25.3 Å². The third kappa shape index (κ3) is 8.75. The average Bonchev–Trinajstić information content (AvgIpc) is 2.78. The van der Waals surface area contributed by atoms with Gasteiger partial charge in [-0.15, -0.1) is 0 Å². The minimum absolute atomic E-state index is 0.0131. The van der Waals surface area contributed by atoms with Crippen LogP contribution in [-0.4, -0.2) is 69.3 Å². The van der Waals surface area contributed by atoms with Crippen molar-refractivity contribution in [3.05, 3.63) is 45.8 Å². The van der Waals surface area contributed by atoms with E-state index in [-0.39, 0.29) is 45.7 Å². The van der Waals surface area contributed by atoms with Crippen molar-refractivity contribution in [2.75, 3.05) is 30.7 Å². The number of anilines is 1. The summed E-state index contributed by atoms with van der Waals surface area (Å²) in [7, 11) is -5.37. The van der Waals surface area contributed by atoms with Gasteiger partial charge >= 0.3 is 10.2 Å². The van der Waals surface area contributed by atoms with Crippen molar-refractivity contribution in [3.63, 3.8) is 0 Å². The van der Waals surface area contributed by atoms with E-state index >= 15 is 0 Å². The SMILES string of the molecule is C[C@@H]1CN(S(=O)(=O)N(COCC[Si](C)(C)C)c2cc(Cl)nc(SCc3cccc(Cl)c3F)n2)C[C@H](C)N1. The Labute approximate surface area is 234 Å². The minimum Gasteiger partial charge on any atom is -0.360 e. The fourth-order valence-corrected chi connectivity index (χ4v) is 7.41. The van der Waals surface area contributed by atoms with Crippen molar-refractivity contribution < 1.29 is 17.5 Å². The molecular weight excluding hydrogens is 576 g/mol. The molecular formula is C23H34Cl2FN5O3S2Si.